The van der Waals surface area contributed by atoms with Gasteiger partial charge in [-0.25, -0.2) is 8.42 Å². The predicted molar refractivity (Wildman–Crippen MR) is 80.0 cm³/mol. The number of nitrogens with zero attached hydrogens (tertiary/aromatic N) is 1. The molecule has 0 heterocycles. The van der Waals surface area contributed by atoms with Crippen LogP contribution in [0.2, 0.25) is 0 Å². The van der Waals surface area contributed by atoms with Crippen LogP contribution in [0.25, 0.3) is 0 Å². The molecule has 4 heteroatoms. The second-order valence-corrected chi connectivity index (χ2v) is 7.25. The Kier molecular flexibility index (Phi) is 5.32. The third kappa shape index (κ3) is 4.80. The van der Waals surface area contributed by atoms with E-state index in [1.807, 2.05) is 12.1 Å². The Bertz CT molecular complexity index is 540. The van der Waals surface area contributed by atoms with Crippen LogP contribution in [-0.4, -0.2) is 33.2 Å². The summed E-state index contributed by atoms with van der Waals surface area (Å²) in [6.07, 6.45) is 3.41. The number of sulfone groups is 1. The summed E-state index contributed by atoms with van der Waals surface area (Å²) in [6, 6.07) is 7.38. The third-order valence-electron chi connectivity index (χ3n) is 3.24. The first-order valence-electron chi connectivity index (χ1n) is 6.35. The standard InChI is InChI=1S/C15H23NO2S/c1-12(2)10-11-16(4)13(3)14-6-8-15(9-7-14)19(5,17)18/h6-10,13H,11H2,1-5H3/t13-/m0/s1. The average Bonchev–Trinajstić information content (AvgIpc) is 2.34. The molecule has 1 aromatic carbocycles. The number of hydrogen-bond acceptors (Lipinski definition) is 3. The van der Waals surface area contributed by atoms with E-state index in [9.17, 15) is 8.42 Å². The molecule has 19 heavy (non-hydrogen) atoms. The van der Waals surface area contributed by atoms with E-state index in [4.69, 9.17) is 0 Å². The highest BCUT2D eigenvalue weighted by molar-refractivity contribution is 7.90. The van der Waals surface area contributed by atoms with Gasteiger partial charge in [0, 0.05) is 18.8 Å². The SMILES string of the molecule is CC(C)=CCN(C)[C@@H](C)c1ccc(S(C)(=O)=O)cc1. The fraction of sp³-hybridized carbons (Fsp3) is 0.467. The van der Waals surface area contributed by atoms with Gasteiger partial charge in [0.15, 0.2) is 9.84 Å². The highest BCUT2D eigenvalue weighted by atomic mass is 32.2. The Morgan fingerprint density at radius 2 is 1.79 bits per heavy atom. The third-order valence-corrected chi connectivity index (χ3v) is 4.37. The molecule has 0 fully saturated rings. The van der Waals surface area contributed by atoms with Crippen LogP contribution in [0.4, 0.5) is 0 Å². The molecule has 3 nitrogen and oxygen atoms in total. The summed E-state index contributed by atoms with van der Waals surface area (Å²) in [6.45, 7) is 7.17. The number of allylic oxidation sites excluding steroid dienone is 1. The molecule has 0 aliphatic carbocycles. The zero-order valence-electron chi connectivity index (χ0n) is 12.3. The molecule has 0 saturated carbocycles. The largest absolute Gasteiger partial charge is 0.296 e. The number of rotatable bonds is 5. The summed E-state index contributed by atoms with van der Waals surface area (Å²) >= 11 is 0. The van der Waals surface area contributed by atoms with Crippen LogP contribution < -0.4 is 0 Å². The van der Waals surface area contributed by atoms with Crippen molar-refractivity contribution in [3.63, 3.8) is 0 Å². The molecule has 0 aliphatic heterocycles. The maximum absolute atomic E-state index is 11.4. The Morgan fingerprint density at radius 3 is 2.21 bits per heavy atom. The zero-order chi connectivity index (χ0) is 14.6. The molecule has 0 bridgehead atoms. The fourth-order valence-electron chi connectivity index (χ4n) is 1.73. The molecule has 0 aliphatic rings. The van der Waals surface area contributed by atoms with E-state index < -0.39 is 9.84 Å². The van der Waals surface area contributed by atoms with Crippen LogP contribution in [0.5, 0.6) is 0 Å². The van der Waals surface area contributed by atoms with Crippen LogP contribution in [0.1, 0.15) is 32.4 Å². The molecular formula is C15H23NO2S. The van der Waals surface area contributed by atoms with Crippen molar-refractivity contribution in [1.82, 2.24) is 4.90 Å². The second-order valence-electron chi connectivity index (χ2n) is 5.24. The van der Waals surface area contributed by atoms with Crippen molar-refractivity contribution in [2.45, 2.75) is 31.7 Å². The normalized spacial score (nSPS) is 13.4. The average molecular weight is 281 g/mol. The predicted octanol–water partition coefficient (Wildman–Crippen LogP) is 3.05. The minimum atomic E-state index is -3.11. The summed E-state index contributed by atoms with van der Waals surface area (Å²) in [7, 11) is -1.05. The molecule has 0 saturated heterocycles. The summed E-state index contributed by atoms with van der Waals surface area (Å²) in [5.74, 6) is 0. The van der Waals surface area contributed by atoms with Crippen molar-refractivity contribution in [3.8, 4) is 0 Å². The van der Waals surface area contributed by atoms with Crippen LogP contribution >= 0.6 is 0 Å². The van der Waals surface area contributed by atoms with Crippen molar-refractivity contribution < 1.29 is 8.42 Å². The highest BCUT2D eigenvalue weighted by Gasteiger charge is 2.12. The quantitative estimate of drug-likeness (QED) is 0.778. The molecule has 0 aromatic heterocycles. The van der Waals surface area contributed by atoms with Gasteiger partial charge < -0.3 is 0 Å². The highest BCUT2D eigenvalue weighted by Crippen LogP contribution is 2.20. The van der Waals surface area contributed by atoms with Crippen LogP contribution in [0.3, 0.4) is 0 Å². The van der Waals surface area contributed by atoms with Crippen LogP contribution in [0.15, 0.2) is 40.8 Å². The van der Waals surface area contributed by atoms with Crippen molar-refractivity contribution >= 4 is 9.84 Å². The zero-order valence-corrected chi connectivity index (χ0v) is 13.2. The number of likely N-dealkylation sites (N-methyl/N-ethyl adjacent to an activating group) is 1. The minimum Gasteiger partial charge on any atom is -0.296 e. The first-order valence-corrected chi connectivity index (χ1v) is 8.24. The maximum Gasteiger partial charge on any atom is 0.175 e. The molecule has 0 amide bonds. The topological polar surface area (TPSA) is 37.4 Å². The minimum absolute atomic E-state index is 0.254. The van der Waals surface area contributed by atoms with Gasteiger partial charge in [-0.05, 0) is 45.5 Å². The van der Waals surface area contributed by atoms with Gasteiger partial charge in [-0.15, -0.1) is 0 Å². The Balaban J connectivity index is 2.83. The number of hydrogen-bond donors (Lipinski definition) is 0. The van der Waals surface area contributed by atoms with Gasteiger partial charge in [-0.1, -0.05) is 23.8 Å². The lowest BCUT2D eigenvalue weighted by molar-refractivity contribution is 0.289. The van der Waals surface area contributed by atoms with Gasteiger partial charge in [0.05, 0.1) is 4.90 Å². The van der Waals surface area contributed by atoms with Crippen molar-refractivity contribution in [1.29, 1.82) is 0 Å². The van der Waals surface area contributed by atoms with Crippen molar-refractivity contribution in [2.75, 3.05) is 19.8 Å². The van der Waals surface area contributed by atoms with E-state index in [1.54, 1.807) is 12.1 Å². The summed E-state index contributed by atoms with van der Waals surface area (Å²) in [5.41, 5.74) is 2.42. The summed E-state index contributed by atoms with van der Waals surface area (Å²) in [5, 5.41) is 0. The van der Waals surface area contributed by atoms with E-state index in [0.29, 0.717) is 4.90 Å². The van der Waals surface area contributed by atoms with Gasteiger partial charge in [0.25, 0.3) is 0 Å². The monoisotopic (exact) mass is 281 g/mol. The van der Waals surface area contributed by atoms with Crippen molar-refractivity contribution in [2.24, 2.45) is 0 Å². The van der Waals surface area contributed by atoms with Gasteiger partial charge in [-0.2, -0.15) is 0 Å². The lowest BCUT2D eigenvalue weighted by atomic mass is 10.1. The maximum atomic E-state index is 11.4. The van der Waals surface area contributed by atoms with Gasteiger partial charge in [0.1, 0.15) is 0 Å². The Hall–Kier alpha value is -1.13. The first-order chi connectivity index (χ1) is 8.71. The van der Waals surface area contributed by atoms with E-state index in [2.05, 4.69) is 38.8 Å². The Labute approximate surface area is 116 Å². The Morgan fingerprint density at radius 1 is 1.26 bits per heavy atom. The molecule has 0 spiro atoms. The van der Waals surface area contributed by atoms with E-state index in [1.165, 1.54) is 11.8 Å². The first kappa shape index (κ1) is 15.9. The smallest absolute Gasteiger partial charge is 0.175 e. The summed E-state index contributed by atoms with van der Waals surface area (Å²) in [4.78, 5) is 2.60. The molecular weight excluding hydrogens is 258 g/mol. The molecule has 1 rings (SSSR count). The van der Waals surface area contributed by atoms with E-state index in [-0.39, 0.29) is 6.04 Å². The molecule has 106 valence electrons. The summed E-state index contributed by atoms with van der Waals surface area (Å²) < 4.78 is 22.8. The number of benzene rings is 1. The molecule has 1 aromatic rings. The lowest BCUT2D eigenvalue weighted by Crippen LogP contribution is -2.22. The van der Waals surface area contributed by atoms with Gasteiger partial charge in [0.2, 0.25) is 0 Å². The van der Waals surface area contributed by atoms with E-state index >= 15 is 0 Å². The second kappa shape index (κ2) is 6.35. The molecule has 1 atom stereocenters. The van der Waals surface area contributed by atoms with Crippen LogP contribution in [-0.2, 0) is 9.84 Å². The van der Waals surface area contributed by atoms with Crippen LogP contribution in [0, 0.1) is 0 Å². The van der Waals surface area contributed by atoms with Gasteiger partial charge >= 0.3 is 0 Å². The lowest BCUT2D eigenvalue weighted by Gasteiger charge is -2.24. The molecule has 0 N–H and O–H groups in total. The molecule has 0 unspecified atom stereocenters. The van der Waals surface area contributed by atoms with E-state index in [0.717, 1.165) is 12.1 Å². The molecule has 0 radical (unpaired) electrons. The van der Waals surface area contributed by atoms with Gasteiger partial charge in [-0.3, -0.25) is 4.90 Å². The fourth-order valence-corrected chi connectivity index (χ4v) is 2.36. The van der Waals surface area contributed by atoms with Crippen molar-refractivity contribution in [3.05, 3.63) is 41.5 Å².